The van der Waals surface area contributed by atoms with E-state index >= 15 is 0 Å². The maximum absolute atomic E-state index is 5.80. The molecule has 0 heterocycles. The topological polar surface area (TPSA) is 52.0 Å². The Balaban J connectivity index is 2.35. The van der Waals surface area contributed by atoms with Gasteiger partial charge in [-0.1, -0.05) is 41.2 Å². The summed E-state index contributed by atoms with van der Waals surface area (Å²) in [6, 6.07) is 16.3. The number of nitrogens with two attached hydrogens (primary N) is 2. The quantitative estimate of drug-likeness (QED) is 0.591. The Hall–Kier alpha value is -1.74. The number of benzene rings is 2. The van der Waals surface area contributed by atoms with E-state index in [-0.39, 0.29) is 0 Å². The Labute approximate surface area is 97.5 Å². The van der Waals surface area contributed by atoms with Crippen LogP contribution in [0.25, 0.3) is 0 Å². The largest absolute Gasteiger partial charge is 0.399 e. The van der Waals surface area contributed by atoms with Gasteiger partial charge in [0, 0.05) is 11.4 Å². The van der Waals surface area contributed by atoms with Gasteiger partial charge in [-0.05, 0) is 24.3 Å². The molecule has 2 nitrogen and oxygen atoms in total. The number of hydrogen-bond acceptors (Lipinski definition) is 2. The molecule has 0 saturated heterocycles. The van der Waals surface area contributed by atoms with Gasteiger partial charge in [0.25, 0.3) is 0 Å². The minimum atomic E-state index is -1.13. The fourth-order valence-corrected chi connectivity index (χ4v) is 3.92. The van der Waals surface area contributed by atoms with E-state index in [4.69, 9.17) is 11.5 Å². The van der Waals surface area contributed by atoms with Crippen LogP contribution >= 0.6 is 0 Å². The SMILES string of the molecule is C[SiH](c1cccc(N)c1)c1cccc(N)c1. The minimum Gasteiger partial charge on any atom is -0.399 e. The van der Waals surface area contributed by atoms with E-state index in [0.29, 0.717) is 0 Å². The van der Waals surface area contributed by atoms with E-state index in [1.54, 1.807) is 0 Å². The van der Waals surface area contributed by atoms with Gasteiger partial charge in [0.1, 0.15) is 0 Å². The molecular formula is C13H16N2Si. The summed E-state index contributed by atoms with van der Waals surface area (Å²) < 4.78 is 0. The summed E-state index contributed by atoms with van der Waals surface area (Å²) in [6.45, 7) is 2.30. The second kappa shape index (κ2) is 4.41. The van der Waals surface area contributed by atoms with Crippen molar-refractivity contribution in [1.82, 2.24) is 0 Å². The van der Waals surface area contributed by atoms with Crippen LogP contribution in [-0.2, 0) is 0 Å². The second-order valence-corrected chi connectivity index (χ2v) is 6.84. The second-order valence-electron chi connectivity index (χ2n) is 4.06. The van der Waals surface area contributed by atoms with Gasteiger partial charge in [-0.2, -0.15) is 0 Å². The molecule has 0 spiro atoms. The molecule has 82 valence electrons. The monoisotopic (exact) mass is 228 g/mol. The van der Waals surface area contributed by atoms with Crippen LogP contribution < -0.4 is 21.8 Å². The van der Waals surface area contributed by atoms with Gasteiger partial charge in [-0.3, -0.25) is 0 Å². The van der Waals surface area contributed by atoms with Gasteiger partial charge >= 0.3 is 0 Å². The van der Waals surface area contributed by atoms with Crippen LogP contribution in [0.1, 0.15) is 0 Å². The lowest BCUT2D eigenvalue weighted by Gasteiger charge is -2.12. The van der Waals surface area contributed by atoms with E-state index in [0.717, 1.165) is 11.4 Å². The van der Waals surface area contributed by atoms with Gasteiger partial charge < -0.3 is 11.5 Å². The maximum atomic E-state index is 5.80. The van der Waals surface area contributed by atoms with E-state index in [2.05, 4.69) is 30.8 Å². The van der Waals surface area contributed by atoms with Crippen LogP contribution in [0, 0.1) is 0 Å². The Morgan fingerprint density at radius 2 is 1.25 bits per heavy atom. The zero-order valence-corrected chi connectivity index (χ0v) is 10.5. The Kier molecular flexibility index (Phi) is 2.97. The van der Waals surface area contributed by atoms with Gasteiger partial charge in [0.15, 0.2) is 0 Å². The fraction of sp³-hybridized carbons (Fsp3) is 0.0769. The van der Waals surface area contributed by atoms with Gasteiger partial charge in [0.2, 0.25) is 0 Å². The van der Waals surface area contributed by atoms with Crippen molar-refractivity contribution in [3.63, 3.8) is 0 Å². The average molecular weight is 228 g/mol. The van der Waals surface area contributed by atoms with Crippen LogP contribution in [0.2, 0.25) is 6.55 Å². The molecule has 0 aliphatic heterocycles. The minimum absolute atomic E-state index is 0.834. The molecule has 16 heavy (non-hydrogen) atoms. The molecule has 0 atom stereocenters. The molecule has 0 unspecified atom stereocenters. The third-order valence-electron chi connectivity index (χ3n) is 2.82. The first kappa shape index (κ1) is 10.8. The van der Waals surface area contributed by atoms with Crippen LogP contribution in [0.3, 0.4) is 0 Å². The highest BCUT2D eigenvalue weighted by atomic mass is 28.3. The lowest BCUT2D eigenvalue weighted by molar-refractivity contribution is 1.69. The molecule has 0 amide bonds. The molecule has 0 fully saturated rings. The summed E-state index contributed by atoms with van der Waals surface area (Å²) in [7, 11) is -1.13. The highest BCUT2D eigenvalue weighted by molar-refractivity contribution is 6.84. The van der Waals surface area contributed by atoms with Crippen molar-refractivity contribution in [2.24, 2.45) is 0 Å². The Morgan fingerprint density at radius 1 is 0.812 bits per heavy atom. The van der Waals surface area contributed by atoms with E-state index < -0.39 is 8.80 Å². The van der Waals surface area contributed by atoms with Crippen molar-refractivity contribution in [2.75, 3.05) is 11.5 Å². The molecule has 0 aliphatic rings. The average Bonchev–Trinajstić information content (AvgIpc) is 2.28. The van der Waals surface area contributed by atoms with Crippen molar-refractivity contribution in [3.05, 3.63) is 48.5 Å². The first-order valence-corrected chi connectivity index (χ1v) is 7.68. The van der Waals surface area contributed by atoms with Crippen LogP contribution in [0.4, 0.5) is 11.4 Å². The first-order valence-electron chi connectivity index (χ1n) is 5.37. The van der Waals surface area contributed by atoms with Crippen LogP contribution in [0.15, 0.2) is 48.5 Å². The maximum Gasteiger partial charge on any atom is 0.0999 e. The molecule has 0 bridgehead atoms. The zero-order valence-electron chi connectivity index (χ0n) is 9.35. The van der Waals surface area contributed by atoms with Crippen molar-refractivity contribution in [3.8, 4) is 0 Å². The van der Waals surface area contributed by atoms with E-state index in [9.17, 15) is 0 Å². The van der Waals surface area contributed by atoms with Gasteiger partial charge in [0.05, 0.1) is 8.80 Å². The number of hydrogen-bond donors (Lipinski definition) is 2. The lowest BCUT2D eigenvalue weighted by atomic mass is 10.3. The van der Waals surface area contributed by atoms with Crippen molar-refractivity contribution in [2.45, 2.75) is 6.55 Å². The van der Waals surface area contributed by atoms with Crippen molar-refractivity contribution in [1.29, 1.82) is 0 Å². The number of anilines is 2. The van der Waals surface area contributed by atoms with E-state index in [1.165, 1.54) is 10.4 Å². The zero-order chi connectivity index (χ0) is 11.5. The Morgan fingerprint density at radius 3 is 1.62 bits per heavy atom. The fourth-order valence-electron chi connectivity index (χ4n) is 1.85. The number of nitrogen functional groups attached to an aromatic ring is 2. The van der Waals surface area contributed by atoms with E-state index in [1.807, 2.05) is 24.3 Å². The third-order valence-corrected chi connectivity index (χ3v) is 5.54. The molecule has 3 heteroatoms. The summed E-state index contributed by atoms with van der Waals surface area (Å²) in [5.41, 5.74) is 13.3. The molecule has 0 aliphatic carbocycles. The summed E-state index contributed by atoms with van der Waals surface area (Å²) in [5.74, 6) is 0. The highest BCUT2D eigenvalue weighted by Gasteiger charge is 2.10. The lowest BCUT2D eigenvalue weighted by Crippen LogP contribution is -2.39. The molecule has 0 radical (unpaired) electrons. The van der Waals surface area contributed by atoms with Crippen molar-refractivity contribution >= 4 is 30.5 Å². The number of rotatable bonds is 2. The summed E-state index contributed by atoms with van der Waals surface area (Å²) in [6.07, 6.45) is 0. The molecule has 0 saturated carbocycles. The van der Waals surface area contributed by atoms with Gasteiger partial charge in [-0.15, -0.1) is 0 Å². The third kappa shape index (κ3) is 2.25. The molecule has 0 aromatic heterocycles. The molecule has 4 N–H and O–H groups in total. The van der Waals surface area contributed by atoms with Crippen LogP contribution in [0.5, 0.6) is 0 Å². The molecular weight excluding hydrogens is 212 g/mol. The highest BCUT2D eigenvalue weighted by Crippen LogP contribution is 2.01. The first-order chi connectivity index (χ1) is 7.66. The van der Waals surface area contributed by atoms with Crippen LogP contribution in [-0.4, -0.2) is 8.80 Å². The molecule has 2 aromatic rings. The van der Waals surface area contributed by atoms with Crippen molar-refractivity contribution < 1.29 is 0 Å². The summed E-state index contributed by atoms with van der Waals surface area (Å²) in [4.78, 5) is 0. The molecule has 2 aromatic carbocycles. The smallest absolute Gasteiger partial charge is 0.0999 e. The normalized spacial score (nSPS) is 10.6. The Bertz CT molecular complexity index is 451. The summed E-state index contributed by atoms with van der Waals surface area (Å²) >= 11 is 0. The van der Waals surface area contributed by atoms with Gasteiger partial charge in [-0.25, -0.2) is 0 Å². The predicted molar refractivity (Wildman–Crippen MR) is 74.0 cm³/mol. The summed E-state index contributed by atoms with van der Waals surface area (Å²) in [5, 5.41) is 2.70. The predicted octanol–water partition coefficient (Wildman–Crippen LogP) is 0.822. The standard InChI is InChI=1S/C13H16N2Si/c1-16(12-6-2-4-10(14)8-12)13-7-3-5-11(15)9-13/h2-9,16H,14-15H2,1H3. The molecule has 2 rings (SSSR count).